The lowest BCUT2D eigenvalue weighted by Gasteiger charge is -2.29. The molecule has 2 atom stereocenters. The average molecular weight is 313 g/mol. The Morgan fingerprint density at radius 3 is 2.70 bits per heavy atom. The van der Waals surface area contributed by atoms with E-state index in [1.165, 1.54) is 11.1 Å². The number of fused-ring (bicyclic) bond motifs is 1. The molecule has 5 heteroatoms. The summed E-state index contributed by atoms with van der Waals surface area (Å²) in [5, 5.41) is 8.82. The Hall–Kier alpha value is -2.17. The summed E-state index contributed by atoms with van der Waals surface area (Å²) in [5.41, 5.74) is 0.553. The van der Waals surface area contributed by atoms with Gasteiger partial charge in [-0.25, -0.2) is 4.68 Å². The standard InChI is InChI=1S/C18H23N3O2/c1-12-7-3-6-10-16(12)19-17(22)11-21-18(23)15-9-5-4-8-14(15)13(2)20-21/h4-5,8-9,12,16H,3,6-7,10-11H2,1-2H3,(H,19,22)/t12-,16-/m0/s1. The number of benzene rings is 1. The maximum Gasteiger partial charge on any atom is 0.275 e. The molecule has 1 aliphatic carbocycles. The van der Waals surface area contributed by atoms with Crippen LogP contribution in [-0.4, -0.2) is 21.7 Å². The second kappa shape index (κ2) is 6.52. The summed E-state index contributed by atoms with van der Waals surface area (Å²) < 4.78 is 1.28. The van der Waals surface area contributed by atoms with Gasteiger partial charge in [0.05, 0.1) is 11.1 Å². The number of aryl methyl sites for hydroxylation is 1. The predicted octanol–water partition coefficient (Wildman–Crippen LogP) is 2.40. The van der Waals surface area contributed by atoms with Gasteiger partial charge in [-0.15, -0.1) is 0 Å². The summed E-state index contributed by atoms with van der Waals surface area (Å²) in [6.07, 6.45) is 4.56. The fraction of sp³-hybridized carbons (Fsp3) is 0.500. The van der Waals surface area contributed by atoms with E-state index in [4.69, 9.17) is 0 Å². The molecule has 1 aliphatic rings. The second-order valence-corrected chi connectivity index (χ2v) is 6.53. The van der Waals surface area contributed by atoms with Crippen molar-refractivity contribution in [2.45, 2.75) is 52.1 Å². The van der Waals surface area contributed by atoms with Gasteiger partial charge in [-0.2, -0.15) is 5.10 Å². The zero-order chi connectivity index (χ0) is 16.4. The molecule has 0 spiro atoms. The molecule has 0 unspecified atom stereocenters. The van der Waals surface area contributed by atoms with Crippen LogP contribution in [-0.2, 0) is 11.3 Å². The van der Waals surface area contributed by atoms with Crippen LogP contribution in [0.15, 0.2) is 29.1 Å². The first-order chi connectivity index (χ1) is 11.1. The molecule has 0 bridgehead atoms. The van der Waals surface area contributed by atoms with Crippen molar-refractivity contribution < 1.29 is 4.79 Å². The Kier molecular flexibility index (Phi) is 4.46. The van der Waals surface area contributed by atoms with Crippen molar-refractivity contribution in [3.63, 3.8) is 0 Å². The molecule has 23 heavy (non-hydrogen) atoms. The lowest BCUT2D eigenvalue weighted by atomic mass is 9.86. The zero-order valence-electron chi connectivity index (χ0n) is 13.7. The van der Waals surface area contributed by atoms with Crippen LogP contribution >= 0.6 is 0 Å². The monoisotopic (exact) mass is 313 g/mol. The largest absolute Gasteiger partial charge is 0.351 e. The number of carbonyl (C=O) groups is 1. The molecule has 1 N–H and O–H groups in total. The van der Waals surface area contributed by atoms with Crippen LogP contribution in [0.3, 0.4) is 0 Å². The molecule has 1 aromatic carbocycles. The van der Waals surface area contributed by atoms with Gasteiger partial charge in [0.2, 0.25) is 5.91 Å². The quantitative estimate of drug-likeness (QED) is 0.946. The van der Waals surface area contributed by atoms with E-state index in [9.17, 15) is 9.59 Å². The van der Waals surface area contributed by atoms with Crippen LogP contribution in [0.5, 0.6) is 0 Å². The molecule has 0 saturated heterocycles. The lowest BCUT2D eigenvalue weighted by Crippen LogP contribution is -2.43. The third-order valence-electron chi connectivity index (χ3n) is 4.80. The summed E-state index contributed by atoms with van der Waals surface area (Å²) in [7, 11) is 0. The van der Waals surface area contributed by atoms with Crippen LogP contribution in [0.25, 0.3) is 10.8 Å². The van der Waals surface area contributed by atoms with E-state index in [2.05, 4.69) is 17.3 Å². The molecule has 0 aliphatic heterocycles. The van der Waals surface area contributed by atoms with Gasteiger partial charge in [0.15, 0.2) is 0 Å². The average Bonchev–Trinajstić information content (AvgIpc) is 2.54. The molecule has 1 amide bonds. The summed E-state index contributed by atoms with van der Waals surface area (Å²) in [6, 6.07) is 7.60. The SMILES string of the molecule is Cc1nn(CC(=O)N[C@H]2CCCC[C@@H]2C)c(=O)c2ccccc12. The lowest BCUT2D eigenvalue weighted by molar-refractivity contribution is -0.123. The van der Waals surface area contributed by atoms with Crippen LogP contribution in [0, 0.1) is 12.8 Å². The number of hydrogen-bond acceptors (Lipinski definition) is 3. The topological polar surface area (TPSA) is 64.0 Å². The number of amides is 1. The number of hydrogen-bond donors (Lipinski definition) is 1. The number of aromatic nitrogens is 2. The Bertz CT molecular complexity index is 781. The van der Waals surface area contributed by atoms with Crippen molar-refractivity contribution in [2.75, 3.05) is 0 Å². The van der Waals surface area contributed by atoms with E-state index in [0.29, 0.717) is 11.3 Å². The van der Waals surface area contributed by atoms with Crippen LogP contribution in [0.4, 0.5) is 0 Å². The van der Waals surface area contributed by atoms with Gasteiger partial charge < -0.3 is 5.32 Å². The second-order valence-electron chi connectivity index (χ2n) is 6.53. The fourth-order valence-corrected chi connectivity index (χ4v) is 3.43. The summed E-state index contributed by atoms with van der Waals surface area (Å²) in [4.78, 5) is 24.8. The first kappa shape index (κ1) is 15.7. The normalized spacial score (nSPS) is 21.3. The molecule has 1 heterocycles. The maximum absolute atomic E-state index is 12.5. The third-order valence-corrected chi connectivity index (χ3v) is 4.80. The molecule has 5 nitrogen and oxygen atoms in total. The Balaban J connectivity index is 1.80. The van der Waals surface area contributed by atoms with Crippen molar-refractivity contribution >= 4 is 16.7 Å². The first-order valence-electron chi connectivity index (χ1n) is 8.32. The highest BCUT2D eigenvalue weighted by atomic mass is 16.2. The fourth-order valence-electron chi connectivity index (χ4n) is 3.43. The smallest absolute Gasteiger partial charge is 0.275 e. The van der Waals surface area contributed by atoms with Crippen molar-refractivity contribution in [2.24, 2.45) is 5.92 Å². The van der Waals surface area contributed by atoms with Crippen molar-refractivity contribution in [3.05, 3.63) is 40.3 Å². The minimum Gasteiger partial charge on any atom is -0.351 e. The van der Waals surface area contributed by atoms with E-state index >= 15 is 0 Å². The number of nitrogens with one attached hydrogen (secondary N) is 1. The summed E-state index contributed by atoms with van der Waals surface area (Å²) in [5.74, 6) is 0.365. The van der Waals surface area contributed by atoms with Crippen molar-refractivity contribution in [3.8, 4) is 0 Å². The van der Waals surface area contributed by atoms with Crippen LogP contribution in [0.1, 0.15) is 38.3 Å². The molecule has 1 saturated carbocycles. The van der Waals surface area contributed by atoms with E-state index in [1.807, 2.05) is 25.1 Å². The molecule has 0 radical (unpaired) electrons. The van der Waals surface area contributed by atoms with Gasteiger partial charge in [0.25, 0.3) is 5.56 Å². The van der Waals surface area contributed by atoms with Gasteiger partial charge in [0.1, 0.15) is 6.54 Å². The minimum absolute atomic E-state index is 0.0201. The Labute approximate surface area is 135 Å². The zero-order valence-corrected chi connectivity index (χ0v) is 13.7. The molecular weight excluding hydrogens is 290 g/mol. The minimum atomic E-state index is -0.210. The molecule has 1 fully saturated rings. The molecule has 3 rings (SSSR count). The summed E-state index contributed by atoms with van der Waals surface area (Å²) >= 11 is 0. The van der Waals surface area contributed by atoms with Gasteiger partial charge in [-0.05, 0) is 31.7 Å². The number of carbonyl (C=O) groups excluding carboxylic acids is 1. The highest BCUT2D eigenvalue weighted by Crippen LogP contribution is 2.23. The predicted molar refractivity (Wildman–Crippen MR) is 90.3 cm³/mol. The van der Waals surface area contributed by atoms with E-state index in [0.717, 1.165) is 30.3 Å². The van der Waals surface area contributed by atoms with Gasteiger partial charge >= 0.3 is 0 Å². The molecule has 2 aromatic rings. The molecule has 122 valence electrons. The molecule has 1 aromatic heterocycles. The van der Waals surface area contributed by atoms with E-state index in [1.54, 1.807) is 6.07 Å². The summed E-state index contributed by atoms with van der Waals surface area (Å²) in [6.45, 7) is 4.02. The van der Waals surface area contributed by atoms with Gasteiger partial charge in [0, 0.05) is 11.4 Å². The number of nitrogens with zero attached hydrogens (tertiary/aromatic N) is 2. The highest BCUT2D eigenvalue weighted by Gasteiger charge is 2.23. The van der Waals surface area contributed by atoms with Crippen LogP contribution in [0.2, 0.25) is 0 Å². The van der Waals surface area contributed by atoms with Crippen molar-refractivity contribution in [1.29, 1.82) is 0 Å². The first-order valence-corrected chi connectivity index (χ1v) is 8.32. The Morgan fingerprint density at radius 2 is 1.96 bits per heavy atom. The van der Waals surface area contributed by atoms with Crippen LogP contribution < -0.4 is 10.9 Å². The van der Waals surface area contributed by atoms with E-state index in [-0.39, 0.29) is 24.1 Å². The van der Waals surface area contributed by atoms with Crippen molar-refractivity contribution in [1.82, 2.24) is 15.1 Å². The maximum atomic E-state index is 12.5. The Morgan fingerprint density at radius 1 is 1.26 bits per heavy atom. The van der Waals surface area contributed by atoms with Gasteiger partial charge in [-0.1, -0.05) is 38.0 Å². The van der Waals surface area contributed by atoms with Gasteiger partial charge in [-0.3, -0.25) is 9.59 Å². The highest BCUT2D eigenvalue weighted by molar-refractivity contribution is 5.83. The third kappa shape index (κ3) is 3.28. The molecular formula is C18H23N3O2. The number of rotatable bonds is 3. The van der Waals surface area contributed by atoms with E-state index < -0.39 is 0 Å².